The predicted molar refractivity (Wildman–Crippen MR) is 100 cm³/mol. The lowest BCUT2D eigenvalue weighted by Gasteiger charge is -2.08. The summed E-state index contributed by atoms with van der Waals surface area (Å²) in [6, 6.07) is 8.44. The molecule has 0 radical (unpaired) electrons. The average molecular weight is 367 g/mol. The smallest absolute Gasteiger partial charge is 0.276 e. The molecular formula is C19H21N5O3. The van der Waals surface area contributed by atoms with Crippen molar-refractivity contribution in [2.75, 3.05) is 11.9 Å². The van der Waals surface area contributed by atoms with Crippen LogP contribution in [0.3, 0.4) is 0 Å². The molecule has 1 aromatic carbocycles. The summed E-state index contributed by atoms with van der Waals surface area (Å²) >= 11 is 0. The number of carbonyl (C=O) groups is 1. The number of carbonyl (C=O) groups excluding carboxylic acids is 1. The van der Waals surface area contributed by atoms with Crippen LogP contribution in [0.15, 0.2) is 30.3 Å². The number of hydrogen-bond acceptors (Lipinski definition) is 6. The second-order valence-electron chi connectivity index (χ2n) is 6.23. The van der Waals surface area contributed by atoms with Crippen molar-refractivity contribution >= 4 is 11.6 Å². The molecule has 8 nitrogen and oxygen atoms in total. The maximum absolute atomic E-state index is 12.5. The number of amides is 1. The van der Waals surface area contributed by atoms with E-state index in [1.807, 2.05) is 26.0 Å². The molecule has 3 aromatic rings. The summed E-state index contributed by atoms with van der Waals surface area (Å²) in [6.45, 7) is 5.51. The van der Waals surface area contributed by atoms with E-state index >= 15 is 0 Å². The molecule has 0 atom stereocenters. The van der Waals surface area contributed by atoms with Gasteiger partial charge in [-0.3, -0.25) is 9.78 Å². The molecule has 140 valence electrons. The third kappa shape index (κ3) is 3.95. The highest BCUT2D eigenvalue weighted by Crippen LogP contribution is 2.20. The molecule has 0 aliphatic rings. The summed E-state index contributed by atoms with van der Waals surface area (Å²) in [7, 11) is 0. The van der Waals surface area contributed by atoms with Gasteiger partial charge in [0, 0.05) is 18.4 Å². The zero-order valence-electron chi connectivity index (χ0n) is 15.4. The van der Waals surface area contributed by atoms with Crippen molar-refractivity contribution < 1.29 is 15.0 Å². The molecule has 0 aliphatic carbocycles. The number of hydrogen-bond donors (Lipinski definition) is 3. The van der Waals surface area contributed by atoms with Gasteiger partial charge in [0.05, 0.1) is 17.1 Å². The van der Waals surface area contributed by atoms with Crippen LogP contribution in [-0.2, 0) is 6.42 Å². The Labute approximate surface area is 156 Å². The van der Waals surface area contributed by atoms with Gasteiger partial charge >= 0.3 is 0 Å². The Balaban J connectivity index is 1.83. The topological polar surface area (TPSA) is 113 Å². The average Bonchev–Trinajstić information content (AvgIpc) is 3.02. The number of aliphatic hydroxyl groups excluding tert-OH is 1. The molecule has 8 heteroatoms. The highest BCUT2D eigenvalue weighted by molar-refractivity contribution is 6.03. The molecule has 0 bridgehead atoms. The maximum atomic E-state index is 12.5. The molecule has 1 amide bonds. The van der Waals surface area contributed by atoms with Crippen LogP contribution in [0.2, 0.25) is 0 Å². The number of aryl methyl sites for hydroxylation is 3. The predicted octanol–water partition coefficient (Wildman–Crippen LogP) is 2.08. The Morgan fingerprint density at radius 3 is 2.41 bits per heavy atom. The summed E-state index contributed by atoms with van der Waals surface area (Å²) in [5, 5.41) is 26.1. The minimum absolute atomic E-state index is 0.0614. The highest BCUT2D eigenvalue weighted by Gasteiger charge is 2.18. The first-order valence-electron chi connectivity index (χ1n) is 8.51. The van der Waals surface area contributed by atoms with Crippen LogP contribution in [0.4, 0.5) is 5.69 Å². The molecule has 3 N–H and O–H groups in total. The molecule has 3 rings (SSSR count). The van der Waals surface area contributed by atoms with E-state index in [9.17, 15) is 9.90 Å². The minimum atomic E-state index is -0.451. The highest BCUT2D eigenvalue weighted by atomic mass is 16.3. The van der Waals surface area contributed by atoms with Crippen molar-refractivity contribution in [3.8, 4) is 11.7 Å². The minimum Gasteiger partial charge on any atom is -0.493 e. The zero-order valence-corrected chi connectivity index (χ0v) is 15.4. The van der Waals surface area contributed by atoms with Crippen molar-refractivity contribution in [3.63, 3.8) is 0 Å². The van der Waals surface area contributed by atoms with Crippen molar-refractivity contribution in [1.82, 2.24) is 19.7 Å². The van der Waals surface area contributed by atoms with Gasteiger partial charge in [-0.05, 0) is 44.9 Å². The standard InChI is InChI=1S/C19H21N5O3/c1-11-12(2)21-18(13(3)20-11)24-17(26)10-16(23-24)19(27)22-15-6-4-14(5-7-15)8-9-25/h4-7,10,25-26H,8-9H2,1-3H3,(H,22,27). The molecule has 0 saturated heterocycles. The lowest BCUT2D eigenvalue weighted by Crippen LogP contribution is -2.14. The quantitative estimate of drug-likeness (QED) is 0.636. The molecule has 0 saturated carbocycles. The number of benzene rings is 1. The number of nitrogens with zero attached hydrogens (tertiary/aromatic N) is 4. The Bertz CT molecular complexity index is 980. The molecular weight excluding hydrogens is 346 g/mol. The lowest BCUT2D eigenvalue weighted by molar-refractivity contribution is 0.102. The van der Waals surface area contributed by atoms with Crippen LogP contribution in [-0.4, -0.2) is 42.5 Å². The Morgan fingerprint density at radius 2 is 1.74 bits per heavy atom. The van der Waals surface area contributed by atoms with E-state index in [-0.39, 0.29) is 18.2 Å². The number of aromatic hydroxyl groups is 1. The van der Waals surface area contributed by atoms with Crippen LogP contribution in [0, 0.1) is 20.8 Å². The molecule has 2 aromatic heterocycles. The van der Waals surface area contributed by atoms with Gasteiger partial charge in [-0.2, -0.15) is 9.78 Å². The summed E-state index contributed by atoms with van der Waals surface area (Å²) in [6.07, 6.45) is 0.558. The number of anilines is 1. The summed E-state index contributed by atoms with van der Waals surface area (Å²) in [5.41, 5.74) is 3.75. The van der Waals surface area contributed by atoms with Gasteiger partial charge in [-0.15, -0.1) is 0 Å². The Kier molecular flexibility index (Phi) is 5.18. The molecule has 0 spiro atoms. The first-order valence-corrected chi connectivity index (χ1v) is 8.51. The Hall–Kier alpha value is -3.26. The SMILES string of the molecule is Cc1nc(C)c(-n2nc(C(=O)Nc3ccc(CCO)cc3)cc2O)nc1C. The first kappa shape index (κ1) is 18.5. The fourth-order valence-corrected chi connectivity index (χ4v) is 2.62. The van der Waals surface area contributed by atoms with E-state index in [0.717, 1.165) is 17.0 Å². The largest absolute Gasteiger partial charge is 0.493 e. The van der Waals surface area contributed by atoms with Crippen molar-refractivity contribution in [1.29, 1.82) is 0 Å². The maximum Gasteiger partial charge on any atom is 0.276 e. The zero-order chi connectivity index (χ0) is 19.6. The fraction of sp³-hybridized carbons (Fsp3) is 0.263. The molecule has 2 heterocycles. The van der Waals surface area contributed by atoms with Crippen LogP contribution in [0.5, 0.6) is 5.88 Å². The van der Waals surface area contributed by atoms with E-state index in [1.165, 1.54) is 10.7 Å². The van der Waals surface area contributed by atoms with Crippen LogP contribution >= 0.6 is 0 Å². The van der Waals surface area contributed by atoms with Gasteiger partial charge < -0.3 is 15.5 Å². The van der Waals surface area contributed by atoms with Crippen LogP contribution in [0.25, 0.3) is 5.82 Å². The van der Waals surface area contributed by atoms with Gasteiger partial charge in [0.2, 0.25) is 5.88 Å². The molecule has 27 heavy (non-hydrogen) atoms. The third-order valence-electron chi connectivity index (χ3n) is 4.19. The van der Waals surface area contributed by atoms with E-state index < -0.39 is 5.91 Å². The van der Waals surface area contributed by atoms with Gasteiger partial charge in [0.25, 0.3) is 5.91 Å². The second-order valence-corrected chi connectivity index (χ2v) is 6.23. The second kappa shape index (κ2) is 7.55. The number of aliphatic hydroxyl groups is 1. The number of nitrogens with one attached hydrogen (secondary N) is 1. The molecule has 0 fully saturated rings. The Morgan fingerprint density at radius 1 is 1.07 bits per heavy atom. The van der Waals surface area contributed by atoms with Crippen LogP contribution < -0.4 is 5.32 Å². The van der Waals surface area contributed by atoms with Crippen molar-refractivity contribution in [2.45, 2.75) is 27.2 Å². The normalized spacial score (nSPS) is 10.8. The van der Waals surface area contributed by atoms with E-state index in [4.69, 9.17) is 5.11 Å². The molecule has 0 unspecified atom stereocenters. The lowest BCUT2D eigenvalue weighted by atomic mass is 10.1. The van der Waals surface area contributed by atoms with Gasteiger partial charge in [-0.25, -0.2) is 4.98 Å². The summed E-state index contributed by atoms with van der Waals surface area (Å²) < 4.78 is 1.20. The monoisotopic (exact) mass is 367 g/mol. The van der Waals surface area contributed by atoms with Gasteiger partial charge in [-0.1, -0.05) is 12.1 Å². The summed E-state index contributed by atoms with van der Waals surface area (Å²) in [5.74, 6) is -0.268. The van der Waals surface area contributed by atoms with Gasteiger partial charge in [0.1, 0.15) is 0 Å². The van der Waals surface area contributed by atoms with Crippen LogP contribution in [0.1, 0.15) is 33.1 Å². The van der Waals surface area contributed by atoms with E-state index in [2.05, 4.69) is 20.4 Å². The first-order chi connectivity index (χ1) is 12.9. The van der Waals surface area contributed by atoms with Crippen molar-refractivity contribution in [2.24, 2.45) is 0 Å². The number of rotatable bonds is 5. The fourth-order valence-electron chi connectivity index (χ4n) is 2.62. The van der Waals surface area contributed by atoms with E-state index in [0.29, 0.717) is 23.6 Å². The number of aromatic nitrogens is 4. The van der Waals surface area contributed by atoms with Gasteiger partial charge in [0.15, 0.2) is 11.5 Å². The third-order valence-corrected chi connectivity index (χ3v) is 4.19. The molecule has 0 aliphatic heterocycles. The van der Waals surface area contributed by atoms with E-state index in [1.54, 1.807) is 19.1 Å². The summed E-state index contributed by atoms with van der Waals surface area (Å²) in [4.78, 5) is 21.2. The van der Waals surface area contributed by atoms with Crippen molar-refractivity contribution in [3.05, 3.63) is 58.7 Å².